The molecule has 1 amide bonds. The smallest absolute Gasteiger partial charge is 0.407 e. The molecular formula is C9H18N2O2. The topological polar surface area (TPSA) is 52.6 Å². The molecule has 1 aliphatic heterocycles. The van der Waals surface area contributed by atoms with Crippen LogP contribution in [0.3, 0.4) is 0 Å². The van der Waals surface area contributed by atoms with Gasteiger partial charge in [-0.15, -0.1) is 0 Å². The van der Waals surface area contributed by atoms with E-state index in [1.54, 1.807) is 0 Å². The number of carboxylic acid groups (broad SMARTS) is 1. The summed E-state index contributed by atoms with van der Waals surface area (Å²) in [5, 5.41) is 12.0. The standard InChI is InChI=1S/C9H18N2O2/c1-8(2,3)9(10-4)5-11(6-9)7(12)13/h10H,5-6H2,1-4H3,(H,12,13). The molecule has 0 aromatic heterocycles. The van der Waals surface area contributed by atoms with Crippen LogP contribution in [-0.4, -0.2) is 41.8 Å². The second-order valence-corrected chi connectivity index (χ2v) is 4.72. The molecule has 4 nitrogen and oxygen atoms in total. The number of amides is 1. The zero-order valence-corrected chi connectivity index (χ0v) is 8.72. The summed E-state index contributed by atoms with van der Waals surface area (Å²) < 4.78 is 0. The number of hydrogen-bond acceptors (Lipinski definition) is 2. The maximum Gasteiger partial charge on any atom is 0.407 e. The van der Waals surface area contributed by atoms with Crippen LogP contribution in [-0.2, 0) is 0 Å². The van der Waals surface area contributed by atoms with Crippen molar-refractivity contribution in [2.24, 2.45) is 5.41 Å². The molecule has 1 saturated heterocycles. The molecular weight excluding hydrogens is 168 g/mol. The molecule has 1 fully saturated rings. The van der Waals surface area contributed by atoms with Crippen LogP contribution in [0.5, 0.6) is 0 Å². The fourth-order valence-electron chi connectivity index (χ4n) is 1.75. The third-order valence-corrected chi connectivity index (χ3v) is 3.11. The Balaban J connectivity index is 2.66. The maximum atomic E-state index is 10.6. The Kier molecular flexibility index (Phi) is 2.28. The maximum absolute atomic E-state index is 10.6. The van der Waals surface area contributed by atoms with Crippen LogP contribution in [0, 0.1) is 5.41 Å². The van der Waals surface area contributed by atoms with Gasteiger partial charge in [-0.25, -0.2) is 4.79 Å². The first-order valence-electron chi connectivity index (χ1n) is 4.49. The van der Waals surface area contributed by atoms with Gasteiger partial charge in [-0.1, -0.05) is 20.8 Å². The molecule has 1 heterocycles. The zero-order chi connectivity index (χ0) is 10.3. The normalized spacial score (nSPS) is 21.1. The van der Waals surface area contributed by atoms with Crippen molar-refractivity contribution in [3.8, 4) is 0 Å². The Bertz CT molecular complexity index is 214. The van der Waals surface area contributed by atoms with E-state index in [1.165, 1.54) is 4.90 Å². The van der Waals surface area contributed by atoms with Crippen LogP contribution in [0.15, 0.2) is 0 Å². The predicted molar refractivity (Wildman–Crippen MR) is 50.8 cm³/mol. The average molecular weight is 186 g/mol. The van der Waals surface area contributed by atoms with Gasteiger partial charge in [0.25, 0.3) is 0 Å². The zero-order valence-electron chi connectivity index (χ0n) is 8.72. The molecule has 1 aliphatic rings. The molecule has 0 aliphatic carbocycles. The lowest BCUT2D eigenvalue weighted by atomic mass is 9.69. The molecule has 0 aromatic carbocycles. The van der Waals surface area contributed by atoms with Crippen molar-refractivity contribution in [1.29, 1.82) is 0 Å². The van der Waals surface area contributed by atoms with Crippen LogP contribution in [0.1, 0.15) is 20.8 Å². The number of nitrogens with one attached hydrogen (secondary N) is 1. The van der Waals surface area contributed by atoms with Gasteiger partial charge in [0, 0.05) is 13.1 Å². The van der Waals surface area contributed by atoms with Gasteiger partial charge in [-0.05, 0) is 12.5 Å². The summed E-state index contributed by atoms with van der Waals surface area (Å²) >= 11 is 0. The van der Waals surface area contributed by atoms with Gasteiger partial charge >= 0.3 is 6.09 Å². The SMILES string of the molecule is CNC1(C(C)(C)C)CN(C(=O)O)C1. The molecule has 0 bridgehead atoms. The van der Waals surface area contributed by atoms with Crippen LogP contribution < -0.4 is 5.32 Å². The van der Waals surface area contributed by atoms with Gasteiger partial charge in [0.15, 0.2) is 0 Å². The minimum absolute atomic E-state index is 0.0502. The van der Waals surface area contributed by atoms with E-state index in [0.29, 0.717) is 13.1 Å². The fourth-order valence-corrected chi connectivity index (χ4v) is 1.75. The molecule has 2 N–H and O–H groups in total. The minimum atomic E-state index is -0.824. The molecule has 0 unspecified atom stereocenters. The van der Waals surface area contributed by atoms with E-state index in [2.05, 4.69) is 26.1 Å². The van der Waals surface area contributed by atoms with Gasteiger partial charge in [0.05, 0.1) is 5.54 Å². The van der Waals surface area contributed by atoms with Crippen molar-refractivity contribution in [2.75, 3.05) is 20.1 Å². The summed E-state index contributed by atoms with van der Waals surface area (Å²) in [6.07, 6.45) is -0.824. The number of nitrogens with zero attached hydrogens (tertiary/aromatic N) is 1. The highest BCUT2D eigenvalue weighted by Gasteiger charge is 2.51. The van der Waals surface area contributed by atoms with E-state index in [1.807, 2.05) is 7.05 Å². The van der Waals surface area contributed by atoms with E-state index < -0.39 is 6.09 Å². The molecule has 4 heteroatoms. The Hall–Kier alpha value is -0.770. The van der Waals surface area contributed by atoms with E-state index in [0.717, 1.165) is 0 Å². The number of rotatable bonds is 1. The molecule has 0 spiro atoms. The molecule has 13 heavy (non-hydrogen) atoms. The van der Waals surface area contributed by atoms with Gasteiger partial charge in [-0.2, -0.15) is 0 Å². The van der Waals surface area contributed by atoms with Gasteiger partial charge in [-0.3, -0.25) is 0 Å². The highest BCUT2D eigenvalue weighted by Crippen LogP contribution is 2.37. The van der Waals surface area contributed by atoms with Crippen molar-refractivity contribution in [2.45, 2.75) is 26.3 Å². The van der Waals surface area contributed by atoms with Crippen molar-refractivity contribution in [3.63, 3.8) is 0 Å². The fraction of sp³-hybridized carbons (Fsp3) is 0.889. The van der Waals surface area contributed by atoms with Crippen molar-refractivity contribution in [3.05, 3.63) is 0 Å². The van der Waals surface area contributed by atoms with Crippen LogP contribution in [0.2, 0.25) is 0 Å². The third kappa shape index (κ3) is 1.50. The number of likely N-dealkylation sites (tertiary alicyclic amines) is 1. The highest BCUT2D eigenvalue weighted by atomic mass is 16.4. The predicted octanol–water partition coefficient (Wildman–Crippen LogP) is 0.984. The quantitative estimate of drug-likeness (QED) is 0.642. The summed E-state index contributed by atoms with van der Waals surface area (Å²) in [5.41, 5.74) is 0.0408. The lowest BCUT2D eigenvalue weighted by Crippen LogP contribution is -2.74. The number of hydrogen-bond donors (Lipinski definition) is 2. The first kappa shape index (κ1) is 10.3. The Morgan fingerprint density at radius 1 is 1.46 bits per heavy atom. The second-order valence-electron chi connectivity index (χ2n) is 4.72. The monoisotopic (exact) mass is 186 g/mol. The molecule has 0 atom stereocenters. The first-order chi connectivity index (χ1) is 5.82. The van der Waals surface area contributed by atoms with E-state index in [-0.39, 0.29) is 11.0 Å². The molecule has 1 rings (SSSR count). The summed E-state index contributed by atoms with van der Waals surface area (Å²) in [4.78, 5) is 12.0. The molecule has 0 saturated carbocycles. The van der Waals surface area contributed by atoms with E-state index in [4.69, 9.17) is 5.11 Å². The molecule has 0 aromatic rings. The van der Waals surface area contributed by atoms with E-state index >= 15 is 0 Å². The third-order valence-electron chi connectivity index (χ3n) is 3.11. The molecule has 76 valence electrons. The van der Waals surface area contributed by atoms with Gasteiger partial charge in [0.1, 0.15) is 0 Å². The van der Waals surface area contributed by atoms with Crippen molar-refractivity contribution in [1.82, 2.24) is 10.2 Å². The van der Waals surface area contributed by atoms with Crippen LogP contribution in [0.4, 0.5) is 4.79 Å². The Morgan fingerprint density at radius 3 is 2.15 bits per heavy atom. The van der Waals surface area contributed by atoms with Crippen LogP contribution >= 0.6 is 0 Å². The lowest BCUT2D eigenvalue weighted by molar-refractivity contribution is -0.0175. The van der Waals surface area contributed by atoms with Gasteiger partial charge < -0.3 is 15.3 Å². The first-order valence-corrected chi connectivity index (χ1v) is 4.49. The largest absolute Gasteiger partial charge is 0.465 e. The number of carbonyl (C=O) groups is 1. The minimum Gasteiger partial charge on any atom is -0.465 e. The van der Waals surface area contributed by atoms with Crippen LogP contribution in [0.25, 0.3) is 0 Å². The lowest BCUT2D eigenvalue weighted by Gasteiger charge is -2.56. The van der Waals surface area contributed by atoms with Crippen molar-refractivity contribution >= 4 is 6.09 Å². The highest BCUT2D eigenvalue weighted by molar-refractivity contribution is 5.67. The van der Waals surface area contributed by atoms with Crippen molar-refractivity contribution < 1.29 is 9.90 Å². The molecule has 0 radical (unpaired) electrons. The number of likely N-dealkylation sites (N-methyl/N-ethyl adjacent to an activating group) is 1. The van der Waals surface area contributed by atoms with E-state index in [9.17, 15) is 4.79 Å². The van der Waals surface area contributed by atoms with Gasteiger partial charge in [0.2, 0.25) is 0 Å². The Labute approximate surface area is 78.9 Å². The summed E-state index contributed by atoms with van der Waals surface area (Å²) in [7, 11) is 1.89. The summed E-state index contributed by atoms with van der Waals surface area (Å²) in [6.45, 7) is 7.55. The summed E-state index contributed by atoms with van der Waals surface area (Å²) in [5.74, 6) is 0. The average Bonchev–Trinajstić information content (AvgIpc) is 1.81. The Morgan fingerprint density at radius 2 is 1.92 bits per heavy atom. The second kappa shape index (κ2) is 2.87. The summed E-state index contributed by atoms with van der Waals surface area (Å²) in [6, 6.07) is 0.